The number of nitrogens with one attached hydrogen (secondary N) is 2. The van der Waals surface area contributed by atoms with Gasteiger partial charge in [0.15, 0.2) is 0 Å². The summed E-state index contributed by atoms with van der Waals surface area (Å²) in [6.45, 7) is 8.61. The molecule has 0 spiro atoms. The Bertz CT molecular complexity index is 476. The number of benzene rings is 1. The molecular weight excluding hydrogens is 276 g/mol. The topological polar surface area (TPSA) is 50.4 Å². The van der Waals surface area contributed by atoms with Crippen LogP contribution in [0.4, 0.5) is 4.79 Å². The minimum Gasteiger partial charge on any atom is -0.444 e. The monoisotopic (exact) mass is 304 g/mol. The van der Waals surface area contributed by atoms with Crippen LogP contribution in [0, 0.1) is 5.92 Å². The Morgan fingerprint density at radius 1 is 1.27 bits per heavy atom. The van der Waals surface area contributed by atoms with Crippen molar-refractivity contribution in [1.82, 2.24) is 10.6 Å². The summed E-state index contributed by atoms with van der Waals surface area (Å²) in [5, 5.41) is 6.53. The van der Waals surface area contributed by atoms with Crippen LogP contribution in [0.3, 0.4) is 0 Å². The van der Waals surface area contributed by atoms with Crippen LogP contribution >= 0.6 is 0 Å². The molecule has 22 heavy (non-hydrogen) atoms. The molecule has 1 aliphatic rings. The molecule has 0 aromatic heterocycles. The van der Waals surface area contributed by atoms with E-state index in [1.165, 1.54) is 12.8 Å². The Morgan fingerprint density at radius 2 is 1.91 bits per heavy atom. The molecule has 1 atom stereocenters. The summed E-state index contributed by atoms with van der Waals surface area (Å²) in [5.41, 5.74) is 0.607. The normalized spacial score (nSPS) is 22.5. The second kappa shape index (κ2) is 7.14. The molecule has 0 saturated heterocycles. The molecule has 1 fully saturated rings. The summed E-state index contributed by atoms with van der Waals surface area (Å²) in [4.78, 5) is 12.1. The molecule has 0 heterocycles. The summed E-state index contributed by atoms with van der Waals surface area (Å²) >= 11 is 0. The van der Waals surface area contributed by atoms with E-state index in [-0.39, 0.29) is 12.1 Å². The Kier molecular flexibility index (Phi) is 5.46. The van der Waals surface area contributed by atoms with E-state index < -0.39 is 5.60 Å². The van der Waals surface area contributed by atoms with Crippen molar-refractivity contribution in [3.05, 3.63) is 35.9 Å². The number of rotatable bonds is 5. The lowest BCUT2D eigenvalue weighted by Crippen LogP contribution is -2.45. The first-order chi connectivity index (χ1) is 10.3. The van der Waals surface area contributed by atoms with E-state index in [4.69, 9.17) is 4.74 Å². The lowest BCUT2D eigenvalue weighted by molar-refractivity contribution is 0.0500. The van der Waals surface area contributed by atoms with E-state index in [9.17, 15) is 4.79 Å². The number of amides is 1. The average molecular weight is 304 g/mol. The van der Waals surface area contributed by atoms with Crippen molar-refractivity contribution >= 4 is 6.09 Å². The van der Waals surface area contributed by atoms with Gasteiger partial charge < -0.3 is 15.4 Å². The van der Waals surface area contributed by atoms with Gasteiger partial charge in [0, 0.05) is 12.6 Å². The van der Waals surface area contributed by atoms with Crippen LogP contribution in [-0.4, -0.2) is 24.3 Å². The van der Waals surface area contributed by atoms with Crippen molar-refractivity contribution in [3.8, 4) is 0 Å². The minimum atomic E-state index is -0.484. The standard InChI is InChI=1S/C18H28N2O2/c1-13-10-15(11-13)19-12-16(14-8-6-5-7-9-14)20-17(21)22-18(2,3)4/h5-9,13,15-16,19H,10-12H2,1-4H3,(H,20,21). The van der Waals surface area contributed by atoms with Gasteiger partial charge in [-0.3, -0.25) is 0 Å². The predicted molar refractivity (Wildman–Crippen MR) is 88.7 cm³/mol. The number of carbonyl (C=O) groups is 1. The summed E-state index contributed by atoms with van der Waals surface area (Å²) in [7, 11) is 0. The average Bonchev–Trinajstić information content (AvgIpc) is 2.39. The Labute approximate surface area is 133 Å². The lowest BCUT2D eigenvalue weighted by Gasteiger charge is -2.35. The summed E-state index contributed by atoms with van der Waals surface area (Å²) in [6.07, 6.45) is 2.06. The highest BCUT2D eigenvalue weighted by Crippen LogP contribution is 2.26. The third-order valence-corrected chi connectivity index (χ3v) is 3.88. The highest BCUT2D eigenvalue weighted by molar-refractivity contribution is 5.68. The second-order valence-electron chi connectivity index (χ2n) is 7.29. The van der Waals surface area contributed by atoms with Gasteiger partial charge in [-0.1, -0.05) is 37.3 Å². The molecule has 122 valence electrons. The van der Waals surface area contributed by atoms with Gasteiger partial charge >= 0.3 is 6.09 Å². The molecule has 2 N–H and O–H groups in total. The van der Waals surface area contributed by atoms with Gasteiger partial charge in [0.25, 0.3) is 0 Å². The van der Waals surface area contributed by atoms with Crippen LogP contribution in [0.5, 0.6) is 0 Å². The molecule has 4 heteroatoms. The molecule has 1 aromatic rings. The number of alkyl carbamates (subject to hydrolysis) is 1. The summed E-state index contributed by atoms with van der Waals surface area (Å²) in [5.74, 6) is 0.812. The maximum atomic E-state index is 12.1. The molecule has 1 aliphatic carbocycles. The molecule has 2 rings (SSSR count). The third kappa shape index (κ3) is 5.34. The Hall–Kier alpha value is -1.55. The van der Waals surface area contributed by atoms with Crippen molar-refractivity contribution in [2.45, 2.75) is 58.2 Å². The highest BCUT2D eigenvalue weighted by Gasteiger charge is 2.26. The zero-order valence-corrected chi connectivity index (χ0v) is 14.1. The molecule has 0 radical (unpaired) electrons. The van der Waals surface area contributed by atoms with Crippen molar-refractivity contribution in [2.24, 2.45) is 5.92 Å². The summed E-state index contributed by atoms with van der Waals surface area (Å²) in [6, 6.07) is 10.5. The number of carbonyl (C=O) groups excluding carboxylic acids is 1. The van der Waals surface area contributed by atoms with E-state index in [0.29, 0.717) is 6.04 Å². The van der Waals surface area contributed by atoms with E-state index in [2.05, 4.69) is 17.6 Å². The zero-order valence-electron chi connectivity index (χ0n) is 14.1. The van der Waals surface area contributed by atoms with Crippen molar-refractivity contribution in [2.75, 3.05) is 6.54 Å². The first kappa shape index (κ1) is 16.8. The highest BCUT2D eigenvalue weighted by atomic mass is 16.6. The maximum absolute atomic E-state index is 12.1. The minimum absolute atomic E-state index is 0.0769. The quantitative estimate of drug-likeness (QED) is 0.873. The molecule has 4 nitrogen and oxygen atoms in total. The molecule has 1 unspecified atom stereocenters. The Morgan fingerprint density at radius 3 is 2.45 bits per heavy atom. The Balaban J connectivity index is 1.94. The van der Waals surface area contributed by atoms with Crippen LogP contribution in [0.25, 0.3) is 0 Å². The molecule has 0 aliphatic heterocycles. The first-order valence-corrected chi connectivity index (χ1v) is 8.11. The first-order valence-electron chi connectivity index (χ1n) is 8.11. The molecule has 1 amide bonds. The maximum Gasteiger partial charge on any atom is 0.408 e. The largest absolute Gasteiger partial charge is 0.444 e. The van der Waals surface area contributed by atoms with E-state index in [0.717, 1.165) is 18.0 Å². The van der Waals surface area contributed by atoms with Gasteiger partial charge in [-0.2, -0.15) is 0 Å². The van der Waals surface area contributed by atoms with Crippen LogP contribution in [0.1, 0.15) is 52.1 Å². The lowest BCUT2D eigenvalue weighted by atomic mass is 9.82. The van der Waals surface area contributed by atoms with Gasteiger partial charge in [0.2, 0.25) is 0 Å². The van der Waals surface area contributed by atoms with Gasteiger partial charge in [-0.25, -0.2) is 4.79 Å². The number of hydrogen-bond donors (Lipinski definition) is 2. The molecular formula is C18H28N2O2. The second-order valence-corrected chi connectivity index (χ2v) is 7.29. The van der Waals surface area contributed by atoms with E-state index in [1.807, 2.05) is 51.1 Å². The number of ether oxygens (including phenoxy) is 1. The van der Waals surface area contributed by atoms with E-state index in [1.54, 1.807) is 0 Å². The van der Waals surface area contributed by atoms with Crippen molar-refractivity contribution < 1.29 is 9.53 Å². The van der Waals surface area contributed by atoms with Gasteiger partial charge in [0.05, 0.1) is 6.04 Å². The van der Waals surface area contributed by atoms with Gasteiger partial charge in [0.1, 0.15) is 5.60 Å². The SMILES string of the molecule is CC1CC(NCC(NC(=O)OC(C)(C)C)c2ccccc2)C1. The van der Waals surface area contributed by atoms with Crippen LogP contribution in [0.15, 0.2) is 30.3 Å². The van der Waals surface area contributed by atoms with Crippen LogP contribution in [-0.2, 0) is 4.74 Å². The molecule has 1 saturated carbocycles. The summed E-state index contributed by atoms with van der Waals surface area (Å²) < 4.78 is 5.38. The van der Waals surface area contributed by atoms with Crippen LogP contribution in [0.2, 0.25) is 0 Å². The predicted octanol–water partition coefficient (Wildman–Crippen LogP) is 3.64. The van der Waals surface area contributed by atoms with Gasteiger partial charge in [-0.15, -0.1) is 0 Å². The molecule has 1 aromatic carbocycles. The van der Waals surface area contributed by atoms with Gasteiger partial charge in [-0.05, 0) is 45.1 Å². The van der Waals surface area contributed by atoms with Crippen molar-refractivity contribution in [1.29, 1.82) is 0 Å². The zero-order chi connectivity index (χ0) is 16.2. The smallest absolute Gasteiger partial charge is 0.408 e. The van der Waals surface area contributed by atoms with Crippen molar-refractivity contribution in [3.63, 3.8) is 0 Å². The fraction of sp³-hybridized carbons (Fsp3) is 0.611. The van der Waals surface area contributed by atoms with Crippen LogP contribution < -0.4 is 10.6 Å². The third-order valence-electron chi connectivity index (χ3n) is 3.88. The fourth-order valence-electron chi connectivity index (χ4n) is 2.74. The molecule has 0 bridgehead atoms. The fourth-order valence-corrected chi connectivity index (χ4v) is 2.74. The number of hydrogen-bond acceptors (Lipinski definition) is 3. The van der Waals surface area contributed by atoms with E-state index >= 15 is 0 Å².